The number of carboxylic acid groups (broad SMARTS) is 1. The van der Waals surface area contributed by atoms with Crippen molar-refractivity contribution in [2.24, 2.45) is 0 Å². The lowest BCUT2D eigenvalue weighted by atomic mass is 9.95. The summed E-state index contributed by atoms with van der Waals surface area (Å²) >= 11 is 0. The zero-order valence-electron chi connectivity index (χ0n) is 11.0. The van der Waals surface area contributed by atoms with Crippen LogP contribution in [0.2, 0.25) is 0 Å². The predicted molar refractivity (Wildman–Crippen MR) is 72.0 cm³/mol. The Morgan fingerprint density at radius 2 is 2.05 bits per heavy atom. The lowest BCUT2D eigenvalue weighted by molar-refractivity contribution is -0.147. The summed E-state index contributed by atoms with van der Waals surface area (Å²) in [5.74, 6) is -1.44. The van der Waals surface area contributed by atoms with Crippen LogP contribution in [0.4, 0.5) is 0 Å². The number of aliphatic hydroxyl groups excluding tert-OH is 1. The van der Waals surface area contributed by atoms with Crippen LogP contribution < -0.4 is 10.6 Å². The van der Waals surface area contributed by atoms with Crippen LogP contribution in [0.5, 0.6) is 0 Å². The van der Waals surface area contributed by atoms with Gasteiger partial charge in [-0.2, -0.15) is 0 Å². The molecule has 0 spiro atoms. The van der Waals surface area contributed by atoms with E-state index in [9.17, 15) is 9.59 Å². The largest absolute Gasteiger partial charge is 0.479 e. The molecule has 0 fully saturated rings. The molecule has 1 aliphatic heterocycles. The number of carboxylic acids is 1. The first-order valence-electron chi connectivity index (χ1n) is 6.56. The number of hydrogen-bond donors (Lipinski definition) is 4. The molecule has 0 aromatic heterocycles. The molecule has 1 aromatic carbocycles. The van der Waals surface area contributed by atoms with Gasteiger partial charge in [-0.05, 0) is 17.5 Å². The number of carbonyl (C=O) groups is 2. The summed E-state index contributed by atoms with van der Waals surface area (Å²) in [6.45, 7) is 0.790. The molecule has 108 valence electrons. The molecule has 0 saturated carbocycles. The van der Waals surface area contributed by atoms with E-state index in [2.05, 4.69) is 10.6 Å². The van der Waals surface area contributed by atoms with Crippen LogP contribution in [0.15, 0.2) is 24.3 Å². The van der Waals surface area contributed by atoms with Crippen molar-refractivity contribution in [3.8, 4) is 0 Å². The van der Waals surface area contributed by atoms with Gasteiger partial charge in [0, 0.05) is 19.5 Å². The Morgan fingerprint density at radius 3 is 2.75 bits per heavy atom. The Morgan fingerprint density at radius 1 is 1.35 bits per heavy atom. The van der Waals surface area contributed by atoms with Gasteiger partial charge in [0.1, 0.15) is 0 Å². The predicted octanol–water partition coefficient (Wildman–Crippen LogP) is -0.347. The van der Waals surface area contributed by atoms with Crippen molar-refractivity contribution < 1.29 is 19.8 Å². The Hall–Kier alpha value is -1.92. The normalized spacial score (nSPS) is 18.9. The lowest BCUT2D eigenvalue weighted by Crippen LogP contribution is -2.48. The van der Waals surface area contributed by atoms with Crippen molar-refractivity contribution in [3.63, 3.8) is 0 Å². The molecule has 0 saturated heterocycles. The van der Waals surface area contributed by atoms with Crippen molar-refractivity contribution in [2.45, 2.75) is 31.5 Å². The highest BCUT2D eigenvalue weighted by molar-refractivity contribution is 5.82. The minimum absolute atomic E-state index is 0.00435. The monoisotopic (exact) mass is 278 g/mol. The van der Waals surface area contributed by atoms with E-state index < -0.39 is 12.1 Å². The topological polar surface area (TPSA) is 98.7 Å². The average Bonchev–Trinajstić information content (AvgIpc) is 2.46. The second kappa shape index (κ2) is 6.49. The molecular formula is C14H18N2O4. The zero-order valence-corrected chi connectivity index (χ0v) is 11.0. The third-order valence-electron chi connectivity index (χ3n) is 3.40. The number of aliphatic carboxylic acids is 1. The summed E-state index contributed by atoms with van der Waals surface area (Å²) in [4.78, 5) is 22.4. The molecule has 20 heavy (non-hydrogen) atoms. The molecule has 1 aliphatic rings. The quantitative estimate of drug-likeness (QED) is 0.590. The van der Waals surface area contributed by atoms with Crippen molar-refractivity contribution in [2.75, 3.05) is 6.54 Å². The van der Waals surface area contributed by atoms with E-state index in [0.717, 1.165) is 5.56 Å². The van der Waals surface area contributed by atoms with Crippen LogP contribution in [-0.4, -0.2) is 40.8 Å². The van der Waals surface area contributed by atoms with Gasteiger partial charge in [-0.15, -0.1) is 0 Å². The van der Waals surface area contributed by atoms with E-state index in [-0.39, 0.29) is 24.9 Å². The second-order valence-electron chi connectivity index (χ2n) is 4.84. The van der Waals surface area contributed by atoms with Crippen molar-refractivity contribution in [1.82, 2.24) is 10.6 Å². The third kappa shape index (κ3) is 3.55. The second-order valence-corrected chi connectivity index (χ2v) is 4.84. The van der Waals surface area contributed by atoms with E-state index >= 15 is 0 Å². The molecule has 6 nitrogen and oxygen atoms in total. The fourth-order valence-electron chi connectivity index (χ4n) is 2.22. The summed E-state index contributed by atoms with van der Waals surface area (Å²) in [5, 5.41) is 23.4. The van der Waals surface area contributed by atoms with Crippen LogP contribution in [0.3, 0.4) is 0 Å². The SMILES string of the molecule is O=C(NCC[C@H](O)C(=O)O)C1Cc2ccccc2CN1. The van der Waals surface area contributed by atoms with E-state index in [4.69, 9.17) is 10.2 Å². The van der Waals surface area contributed by atoms with Crippen LogP contribution in [0.25, 0.3) is 0 Å². The minimum atomic E-state index is -1.43. The molecule has 0 bridgehead atoms. The van der Waals surface area contributed by atoms with Crippen LogP contribution in [-0.2, 0) is 22.6 Å². The number of carbonyl (C=O) groups excluding carboxylic acids is 1. The van der Waals surface area contributed by atoms with E-state index in [1.807, 2.05) is 24.3 Å². The highest BCUT2D eigenvalue weighted by atomic mass is 16.4. The van der Waals surface area contributed by atoms with Crippen LogP contribution in [0.1, 0.15) is 17.5 Å². The van der Waals surface area contributed by atoms with Gasteiger partial charge in [0.25, 0.3) is 0 Å². The molecule has 0 aliphatic carbocycles. The van der Waals surface area contributed by atoms with Crippen molar-refractivity contribution >= 4 is 11.9 Å². The van der Waals surface area contributed by atoms with E-state index in [0.29, 0.717) is 13.0 Å². The van der Waals surface area contributed by atoms with Gasteiger partial charge in [-0.1, -0.05) is 24.3 Å². The highest BCUT2D eigenvalue weighted by Gasteiger charge is 2.23. The van der Waals surface area contributed by atoms with Crippen molar-refractivity contribution in [1.29, 1.82) is 0 Å². The first-order valence-corrected chi connectivity index (χ1v) is 6.56. The molecule has 2 rings (SSSR count). The first kappa shape index (κ1) is 14.5. The van der Waals surface area contributed by atoms with E-state index in [1.165, 1.54) is 5.56 Å². The molecule has 1 heterocycles. The molecule has 0 radical (unpaired) electrons. The summed E-state index contributed by atoms with van der Waals surface area (Å²) in [5.41, 5.74) is 2.34. The molecule has 1 aromatic rings. The number of benzene rings is 1. The summed E-state index contributed by atoms with van der Waals surface area (Å²) in [6.07, 6.45) is -0.816. The fraction of sp³-hybridized carbons (Fsp3) is 0.429. The maximum Gasteiger partial charge on any atom is 0.332 e. The lowest BCUT2D eigenvalue weighted by Gasteiger charge is -2.25. The smallest absolute Gasteiger partial charge is 0.332 e. The highest BCUT2D eigenvalue weighted by Crippen LogP contribution is 2.16. The van der Waals surface area contributed by atoms with Gasteiger partial charge >= 0.3 is 5.97 Å². The maximum atomic E-state index is 12.0. The maximum absolute atomic E-state index is 12.0. The minimum Gasteiger partial charge on any atom is -0.479 e. The van der Waals surface area contributed by atoms with Gasteiger partial charge in [0.05, 0.1) is 6.04 Å². The Labute approximate surface area is 116 Å². The molecule has 1 unspecified atom stereocenters. The zero-order chi connectivity index (χ0) is 14.5. The molecule has 6 heteroatoms. The van der Waals surface area contributed by atoms with Gasteiger partial charge in [-0.25, -0.2) is 4.79 Å². The van der Waals surface area contributed by atoms with E-state index in [1.54, 1.807) is 0 Å². The van der Waals surface area contributed by atoms with Crippen LogP contribution >= 0.6 is 0 Å². The van der Waals surface area contributed by atoms with Gasteiger partial charge in [0.2, 0.25) is 5.91 Å². The number of nitrogens with one attached hydrogen (secondary N) is 2. The number of aliphatic hydroxyl groups is 1. The van der Waals surface area contributed by atoms with Crippen molar-refractivity contribution in [3.05, 3.63) is 35.4 Å². The summed E-state index contributed by atoms with van der Waals surface area (Å²) < 4.78 is 0. The summed E-state index contributed by atoms with van der Waals surface area (Å²) in [6, 6.07) is 7.63. The average molecular weight is 278 g/mol. The van der Waals surface area contributed by atoms with Gasteiger partial charge in [-0.3, -0.25) is 4.79 Å². The first-order chi connectivity index (χ1) is 9.58. The number of hydrogen-bond acceptors (Lipinski definition) is 4. The fourth-order valence-corrected chi connectivity index (χ4v) is 2.22. The Balaban J connectivity index is 1.81. The Bertz CT molecular complexity index is 504. The van der Waals surface area contributed by atoms with Crippen LogP contribution in [0, 0.1) is 0 Å². The third-order valence-corrected chi connectivity index (χ3v) is 3.40. The number of fused-ring (bicyclic) bond motifs is 1. The van der Waals surface area contributed by atoms with Gasteiger partial charge < -0.3 is 20.8 Å². The number of rotatable bonds is 5. The molecule has 1 amide bonds. The molecule has 2 atom stereocenters. The number of amides is 1. The molecular weight excluding hydrogens is 260 g/mol. The summed E-state index contributed by atoms with van der Waals surface area (Å²) in [7, 11) is 0. The molecule has 4 N–H and O–H groups in total. The Kier molecular flexibility index (Phi) is 4.70. The van der Waals surface area contributed by atoms with Gasteiger partial charge in [0.15, 0.2) is 6.10 Å². The standard InChI is InChI=1S/C14H18N2O4/c17-12(14(19)20)5-6-15-13(18)11-7-9-3-1-2-4-10(9)8-16-11/h1-4,11-12,16-17H,5-8H2,(H,15,18)(H,19,20)/t11?,12-/m0/s1.